The van der Waals surface area contributed by atoms with E-state index in [-0.39, 0.29) is 5.41 Å². The zero-order valence-electron chi connectivity index (χ0n) is 26.8. The van der Waals surface area contributed by atoms with Crippen molar-refractivity contribution < 1.29 is 4.42 Å². The third-order valence-corrected chi connectivity index (χ3v) is 9.82. The predicted molar refractivity (Wildman–Crippen MR) is 201 cm³/mol. The van der Waals surface area contributed by atoms with Crippen LogP contribution >= 0.6 is 0 Å². The molecule has 9 rings (SSSR count). The number of benzene rings is 8. The molecule has 0 amide bonds. The summed E-state index contributed by atoms with van der Waals surface area (Å²) in [6.45, 7) is 6.81. The van der Waals surface area contributed by atoms with Crippen LogP contribution in [-0.2, 0) is 5.41 Å². The molecule has 0 saturated heterocycles. The van der Waals surface area contributed by atoms with Gasteiger partial charge in [-0.3, -0.25) is 0 Å². The number of para-hydroxylation sites is 2. The molecule has 1 nitrogen and oxygen atoms in total. The van der Waals surface area contributed by atoms with E-state index in [0.717, 1.165) is 33.1 Å². The van der Waals surface area contributed by atoms with Gasteiger partial charge in [-0.2, -0.15) is 0 Å². The highest BCUT2D eigenvalue weighted by Crippen LogP contribution is 2.45. The zero-order chi connectivity index (χ0) is 31.7. The van der Waals surface area contributed by atoms with Crippen LogP contribution in [0.4, 0.5) is 0 Å². The average molecular weight is 603 g/mol. The lowest BCUT2D eigenvalue weighted by atomic mass is 9.83. The van der Waals surface area contributed by atoms with E-state index in [4.69, 9.17) is 4.42 Å². The van der Waals surface area contributed by atoms with E-state index in [1.807, 2.05) is 12.1 Å². The molecule has 0 aliphatic heterocycles. The molecule has 0 bridgehead atoms. The average Bonchev–Trinajstić information content (AvgIpc) is 3.49. The number of hydrogen-bond donors (Lipinski definition) is 0. The minimum atomic E-state index is 0.115. The number of furan rings is 1. The van der Waals surface area contributed by atoms with Gasteiger partial charge in [0.05, 0.1) is 0 Å². The molecule has 1 aromatic heterocycles. The summed E-state index contributed by atoms with van der Waals surface area (Å²) in [5, 5.41) is 9.84. The van der Waals surface area contributed by atoms with E-state index in [1.54, 1.807) is 0 Å². The summed E-state index contributed by atoms with van der Waals surface area (Å²) in [5.41, 5.74) is 10.7. The number of rotatable bonds is 3. The quantitative estimate of drug-likeness (QED) is 0.183. The van der Waals surface area contributed by atoms with E-state index >= 15 is 0 Å². The van der Waals surface area contributed by atoms with Crippen LogP contribution in [0.15, 0.2) is 156 Å². The molecule has 224 valence electrons. The molecular formula is C46H34O. The molecule has 1 heterocycles. The molecule has 0 fully saturated rings. The first-order valence-electron chi connectivity index (χ1n) is 16.4. The minimum Gasteiger partial charge on any atom is -0.455 e. The standard InChI is InChI=1S/C46H34O/c1-46(2,3)34-25-23-29(24-26-34)43-37-12-4-6-14-39(37)44(40-15-7-5-13-38(40)43)33-22-20-30-27-32(21-19-31(30)28-33)35-16-10-17-41-36-11-8-9-18-42(36)47-45(35)41/h4-28H,1-3H3. The Morgan fingerprint density at radius 2 is 0.894 bits per heavy atom. The summed E-state index contributed by atoms with van der Waals surface area (Å²) >= 11 is 0. The van der Waals surface area contributed by atoms with Crippen LogP contribution in [0.2, 0.25) is 0 Å². The van der Waals surface area contributed by atoms with Crippen LogP contribution in [0.1, 0.15) is 26.3 Å². The molecule has 8 aromatic carbocycles. The van der Waals surface area contributed by atoms with Crippen molar-refractivity contribution in [1.82, 2.24) is 0 Å². The summed E-state index contributed by atoms with van der Waals surface area (Å²) in [5.74, 6) is 0. The van der Waals surface area contributed by atoms with Gasteiger partial charge in [-0.05, 0) is 89.3 Å². The lowest BCUT2D eigenvalue weighted by molar-refractivity contribution is 0.590. The summed E-state index contributed by atoms with van der Waals surface area (Å²) < 4.78 is 6.37. The van der Waals surface area contributed by atoms with Crippen LogP contribution in [0.5, 0.6) is 0 Å². The highest BCUT2D eigenvalue weighted by Gasteiger charge is 2.19. The van der Waals surface area contributed by atoms with E-state index in [1.165, 1.54) is 60.1 Å². The van der Waals surface area contributed by atoms with Crippen molar-refractivity contribution in [3.8, 4) is 33.4 Å². The van der Waals surface area contributed by atoms with E-state index < -0.39 is 0 Å². The normalized spacial score (nSPS) is 12.1. The molecule has 0 atom stereocenters. The van der Waals surface area contributed by atoms with E-state index in [0.29, 0.717) is 0 Å². The Kier molecular flexibility index (Phi) is 6.14. The van der Waals surface area contributed by atoms with Crippen molar-refractivity contribution in [2.45, 2.75) is 26.2 Å². The number of fused-ring (bicyclic) bond motifs is 6. The molecule has 0 aliphatic rings. The molecular weight excluding hydrogens is 569 g/mol. The molecule has 0 radical (unpaired) electrons. The Hall–Kier alpha value is -5.66. The summed E-state index contributed by atoms with van der Waals surface area (Å²) in [4.78, 5) is 0. The van der Waals surface area contributed by atoms with Crippen LogP contribution in [0.3, 0.4) is 0 Å². The van der Waals surface area contributed by atoms with Gasteiger partial charge in [0.15, 0.2) is 0 Å². The topological polar surface area (TPSA) is 13.1 Å². The maximum Gasteiger partial charge on any atom is 0.143 e. The van der Waals surface area contributed by atoms with Crippen molar-refractivity contribution >= 4 is 54.3 Å². The van der Waals surface area contributed by atoms with Crippen LogP contribution in [-0.4, -0.2) is 0 Å². The van der Waals surface area contributed by atoms with Gasteiger partial charge in [0.25, 0.3) is 0 Å². The smallest absolute Gasteiger partial charge is 0.143 e. The first-order chi connectivity index (χ1) is 22.9. The van der Waals surface area contributed by atoms with Crippen molar-refractivity contribution in [1.29, 1.82) is 0 Å². The van der Waals surface area contributed by atoms with Crippen LogP contribution in [0, 0.1) is 0 Å². The molecule has 1 heteroatoms. The van der Waals surface area contributed by atoms with Gasteiger partial charge in [-0.1, -0.05) is 154 Å². The highest BCUT2D eigenvalue weighted by molar-refractivity contribution is 6.21. The molecule has 9 aromatic rings. The third kappa shape index (κ3) is 4.46. The molecule has 0 aliphatic carbocycles. The van der Waals surface area contributed by atoms with Crippen LogP contribution in [0.25, 0.3) is 87.6 Å². The molecule has 0 spiro atoms. The SMILES string of the molecule is CC(C)(C)c1ccc(-c2c3ccccc3c(-c3ccc4cc(-c5cccc6c5oc5ccccc56)ccc4c3)c3ccccc23)cc1. The van der Waals surface area contributed by atoms with Gasteiger partial charge >= 0.3 is 0 Å². The Bertz CT molecular complexity index is 2590. The first-order valence-corrected chi connectivity index (χ1v) is 16.4. The van der Waals surface area contributed by atoms with Crippen LogP contribution < -0.4 is 0 Å². The van der Waals surface area contributed by atoms with Gasteiger partial charge < -0.3 is 4.42 Å². The van der Waals surface area contributed by atoms with Crippen molar-refractivity contribution in [3.05, 3.63) is 157 Å². The monoisotopic (exact) mass is 602 g/mol. The van der Waals surface area contributed by atoms with Gasteiger partial charge in [0.1, 0.15) is 11.2 Å². The van der Waals surface area contributed by atoms with Crippen molar-refractivity contribution in [2.24, 2.45) is 0 Å². The van der Waals surface area contributed by atoms with Gasteiger partial charge in [0.2, 0.25) is 0 Å². The second kappa shape index (κ2) is 10.4. The molecule has 0 N–H and O–H groups in total. The van der Waals surface area contributed by atoms with Gasteiger partial charge in [-0.15, -0.1) is 0 Å². The Morgan fingerprint density at radius 1 is 0.404 bits per heavy atom. The minimum absolute atomic E-state index is 0.115. The maximum atomic E-state index is 6.37. The Morgan fingerprint density at radius 3 is 1.51 bits per heavy atom. The largest absolute Gasteiger partial charge is 0.455 e. The van der Waals surface area contributed by atoms with E-state index in [2.05, 4.69) is 160 Å². The maximum absolute atomic E-state index is 6.37. The lowest BCUT2D eigenvalue weighted by Gasteiger charge is -2.21. The molecule has 0 unspecified atom stereocenters. The fraction of sp³-hybridized carbons (Fsp3) is 0.0870. The highest BCUT2D eigenvalue weighted by atomic mass is 16.3. The summed E-state index contributed by atoms with van der Waals surface area (Å²) in [7, 11) is 0. The second-order valence-electron chi connectivity index (χ2n) is 13.7. The van der Waals surface area contributed by atoms with Gasteiger partial charge in [0, 0.05) is 16.3 Å². The predicted octanol–water partition coefficient (Wildman–Crippen LogP) is 13.3. The van der Waals surface area contributed by atoms with Crippen molar-refractivity contribution in [3.63, 3.8) is 0 Å². The summed E-state index contributed by atoms with van der Waals surface area (Å²) in [6, 6.07) is 55.4. The molecule has 47 heavy (non-hydrogen) atoms. The fourth-order valence-electron chi connectivity index (χ4n) is 7.43. The zero-order valence-corrected chi connectivity index (χ0v) is 26.8. The summed E-state index contributed by atoms with van der Waals surface area (Å²) in [6.07, 6.45) is 0. The fourth-order valence-corrected chi connectivity index (χ4v) is 7.43. The third-order valence-electron chi connectivity index (χ3n) is 9.82. The Balaban J connectivity index is 1.21. The lowest BCUT2D eigenvalue weighted by Crippen LogP contribution is -2.10. The first kappa shape index (κ1) is 27.6. The Labute approximate surface area is 274 Å². The molecule has 0 saturated carbocycles. The van der Waals surface area contributed by atoms with E-state index in [9.17, 15) is 0 Å². The second-order valence-corrected chi connectivity index (χ2v) is 13.7. The van der Waals surface area contributed by atoms with Gasteiger partial charge in [-0.25, -0.2) is 0 Å². The van der Waals surface area contributed by atoms with Crippen molar-refractivity contribution in [2.75, 3.05) is 0 Å². The number of hydrogen-bond acceptors (Lipinski definition) is 1.